The topological polar surface area (TPSA) is 244 Å². The van der Waals surface area contributed by atoms with E-state index in [0.717, 1.165) is 0 Å². The van der Waals surface area contributed by atoms with Gasteiger partial charge < -0.3 is 29.4 Å². The molecule has 0 spiro atoms. The number of phosphoric acid groups is 3. The lowest BCUT2D eigenvalue weighted by molar-refractivity contribution is -0.139. The highest BCUT2D eigenvalue weighted by atomic mass is 31.3. The Hall–Kier alpha value is -1.20. The summed E-state index contributed by atoms with van der Waals surface area (Å²) >= 11 is 0. The van der Waals surface area contributed by atoms with E-state index in [4.69, 9.17) is 19.4 Å². The van der Waals surface area contributed by atoms with Gasteiger partial charge in [0.1, 0.15) is 17.9 Å². The Morgan fingerprint density at radius 1 is 1.12 bits per heavy atom. The summed E-state index contributed by atoms with van der Waals surface area (Å²) in [7, 11) is -17.0. The van der Waals surface area contributed by atoms with E-state index in [1.165, 1.54) is 4.98 Å². The molecule has 2 rings (SSSR count). The normalized spacial score (nSPS) is 25.9. The smallest absolute Gasteiger partial charge is 0.390 e. The summed E-state index contributed by atoms with van der Waals surface area (Å²) in [4.78, 5) is 59.8. The number of nitrogens with zero attached hydrogens (tertiary/aromatic N) is 1. The summed E-state index contributed by atoms with van der Waals surface area (Å²) in [6.45, 7) is -1.11. The quantitative estimate of drug-likeness (QED) is 0.231. The minimum absolute atomic E-state index is 0.142. The summed E-state index contributed by atoms with van der Waals surface area (Å²) in [6.07, 6.45) is -10.3. The molecule has 0 aromatic carbocycles. The van der Waals surface area contributed by atoms with Gasteiger partial charge in [-0.2, -0.15) is 21.8 Å². The molecule has 1 aliphatic heterocycles. The van der Waals surface area contributed by atoms with E-state index in [1.54, 1.807) is 0 Å². The maximum Gasteiger partial charge on any atom is 0.490 e. The lowest BCUT2D eigenvalue weighted by Gasteiger charge is -2.19. The molecule has 0 aliphatic carbocycles. The van der Waals surface area contributed by atoms with Crippen molar-refractivity contribution in [1.29, 1.82) is 0 Å². The van der Waals surface area contributed by atoms with Crippen molar-refractivity contribution in [2.24, 2.45) is 0 Å². The first kappa shape index (κ1) is 27.0. The monoisotopic (exact) mass is 536 g/mol. The zero-order valence-corrected chi connectivity index (χ0v) is 17.7. The lowest BCUT2D eigenvalue weighted by atomic mass is 10.2. The van der Waals surface area contributed by atoms with Crippen LogP contribution in [0.15, 0.2) is 15.8 Å². The number of aliphatic hydroxyl groups is 1. The Labute approximate surface area is 173 Å². The zero-order chi connectivity index (χ0) is 24.7. The number of ether oxygens (including phenoxy) is 1. The third-order valence-corrected chi connectivity index (χ3v) is 7.41. The predicted octanol–water partition coefficient (Wildman–Crippen LogP) is -0.453. The van der Waals surface area contributed by atoms with Gasteiger partial charge in [-0.15, -0.1) is 0 Å². The zero-order valence-electron chi connectivity index (χ0n) is 15.1. The summed E-state index contributed by atoms with van der Waals surface area (Å²) in [6, 6.07) is 0. The van der Waals surface area contributed by atoms with Crippen molar-refractivity contribution < 1.29 is 69.4 Å². The van der Waals surface area contributed by atoms with Crippen molar-refractivity contribution in [3.05, 3.63) is 32.6 Å². The Morgan fingerprint density at radius 3 is 2.25 bits per heavy atom. The van der Waals surface area contributed by atoms with Gasteiger partial charge in [0.25, 0.3) is 5.56 Å². The van der Waals surface area contributed by atoms with Crippen LogP contribution in [0.2, 0.25) is 0 Å². The van der Waals surface area contributed by atoms with Gasteiger partial charge in [-0.05, 0) is 0 Å². The molecule has 16 nitrogen and oxygen atoms in total. The van der Waals surface area contributed by atoms with E-state index < -0.39 is 77.9 Å². The first-order chi connectivity index (χ1) is 14.3. The number of hydrogen-bond acceptors (Lipinski definition) is 10. The average molecular weight is 536 g/mol. The number of rotatable bonds is 8. The highest BCUT2D eigenvalue weighted by Crippen LogP contribution is 2.66. The van der Waals surface area contributed by atoms with E-state index in [-0.39, 0.29) is 6.20 Å². The fraction of sp³-hybridized carbons (Fsp3) is 0.600. The van der Waals surface area contributed by atoms with E-state index >= 15 is 0 Å². The Bertz CT molecular complexity index is 1110. The number of H-pyrrole nitrogens is 1. The fourth-order valence-corrected chi connectivity index (χ4v) is 5.44. The van der Waals surface area contributed by atoms with Crippen LogP contribution < -0.4 is 11.2 Å². The largest absolute Gasteiger partial charge is 0.490 e. The lowest BCUT2D eigenvalue weighted by Crippen LogP contribution is -2.36. The second kappa shape index (κ2) is 9.21. The highest BCUT2D eigenvalue weighted by Gasteiger charge is 2.43. The summed E-state index contributed by atoms with van der Waals surface area (Å²) in [5.41, 5.74) is -4.79. The van der Waals surface area contributed by atoms with Crippen molar-refractivity contribution in [3.63, 3.8) is 0 Å². The van der Waals surface area contributed by atoms with Crippen molar-refractivity contribution in [3.8, 4) is 0 Å². The minimum Gasteiger partial charge on any atom is -0.390 e. The number of hydrogen-bond donors (Lipinski definition) is 6. The molecule has 0 amide bonds. The maximum absolute atomic E-state index is 12.9. The van der Waals surface area contributed by atoms with Gasteiger partial charge in [0.15, 0.2) is 0 Å². The Kier molecular flexibility index (Phi) is 7.79. The van der Waals surface area contributed by atoms with Crippen LogP contribution in [0.4, 0.5) is 13.2 Å². The standard InChI is InChI=1S/C10H14F3N2O14P3/c11-10(12,13)4-2-15(9(18)14-8(4)17)7-1-5(16)6(27-7)3-26-31(22,23)29-32(24,25)28-30(19,20)21/h2,5-7,16H,1,3H2,(H,22,23)(H,24,25)(H,14,17,18)(H2,19,20,21)/t5-,6+,7+/m0/s1. The van der Waals surface area contributed by atoms with Crippen molar-refractivity contribution in [2.75, 3.05) is 6.61 Å². The van der Waals surface area contributed by atoms with Crippen molar-refractivity contribution in [2.45, 2.75) is 31.0 Å². The van der Waals surface area contributed by atoms with Crippen molar-refractivity contribution in [1.82, 2.24) is 9.55 Å². The van der Waals surface area contributed by atoms with Gasteiger partial charge in [-0.3, -0.25) is 18.9 Å². The molecule has 1 aromatic rings. The number of aliphatic hydroxyl groups excluding tert-OH is 1. The van der Waals surface area contributed by atoms with Crippen LogP contribution in [0.1, 0.15) is 18.2 Å². The van der Waals surface area contributed by atoms with Gasteiger partial charge in [-0.1, -0.05) is 0 Å². The van der Waals surface area contributed by atoms with E-state index in [1.807, 2.05) is 0 Å². The van der Waals surface area contributed by atoms with Crippen LogP contribution in [0.3, 0.4) is 0 Å². The van der Waals surface area contributed by atoms with Crippen LogP contribution in [-0.2, 0) is 37.8 Å². The molecule has 5 atom stereocenters. The van der Waals surface area contributed by atoms with Crippen LogP contribution >= 0.6 is 23.5 Å². The highest BCUT2D eigenvalue weighted by molar-refractivity contribution is 7.66. The van der Waals surface area contributed by atoms with Crippen LogP contribution in [0.25, 0.3) is 0 Å². The third-order valence-electron chi connectivity index (χ3n) is 3.61. The molecule has 2 unspecified atom stereocenters. The predicted molar refractivity (Wildman–Crippen MR) is 90.7 cm³/mol. The molecule has 1 aliphatic rings. The molecule has 1 aromatic heterocycles. The molecule has 32 heavy (non-hydrogen) atoms. The fourth-order valence-electron chi connectivity index (χ4n) is 2.41. The maximum atomic E-state index is 12.9. The van der Waals surface area contributed by atoms with Gasteiger partial charge in [0, 0.05) is 12.6 Å². The first-order valence-corrected chi connectivity index (χ1v) is 12.4. The summed E-state index contributed by atoms with van der Waals surface area (Å²) < 4.78 is 88.6. The number of aromatic nitrogens is 2. The number of alkyl halides is 3. The number of nitrogens with one attached hydrogen (secondary N) is 1. The molecule has 0 saturated carbocycles. The molecule has 1 fully saturated rings. The van der Waals surface area contributed by atoms with Gasteiger partial charge in [-0.25, -0.2) is 18.5 Å². The third kappa shape index (κ3) is 7.41. The number of phosphoric ester groups is 1. The Balaban J connectivity index is 2.11. The number of halogens is 3. The summed E-state index contributed by atoms with van der Waals surface area (Å²) in [5.74, 6) is 0. The molecular weight excluding hydrogens is 522 g/mol. The van der Waals surface area contributed by atoms with Crippen molar-refractivity contribution >= 4 is 23.5 Å². The van der Waals surface area contributed by atoms with E-state index in [9.17, 15) is 46.5 Å². The molecule has 0 radical (unpaired) electrons. The molecule has 184 valence electrons. The molecule has 2 heterocycles. The molecule has 0 bridgehead atoms. The van der Waals surface area contributed by atoms with E-state index in [0.29, 0.717) is 4.57 Å². The number of aromatic amines is 1. The van der Waals surface area contributed by atoms with Crippen LogP contribution in [-0.4, -0.2) is 53.0 Å². The van der Waals surface area contributed by atoms with Gasteiger partial charge >= 0.3 is 35.3 Å². The first-order valence-electron chi connectivity index (χ1n) is 7.84. The summed E-state index contributed by atoms with van der Waals surface area (Å²) in [5, 5.41) is 9.92. The molecule has 1 saturated heterocycles. The van der Waals surface area contributed by atoms with Crippen LogP contribution in [0, 0.1) is 0 Å². The SMILES string of the molecule is O=c1[nH]c(=O)n([C@H]2C[C@H](O)[C@@H](COP(=O)(O)OP(=O)(O)OP(=O)(O)O)O2)cc1C(F)(F)F. The van der Waals surface area contributed by atoms with Gasteiger partial charge in [0.2, 0.25) is 0 Å². The average Bonchev–Trinajstić information content (AvgIpc) is 2.89. The molecular formula is C10H14F3N2O14P3. The minimum atomic E-state index is -5.80. The van der Waals surface area contributed by atoms with E-state index in [2.05, 4.69) is 13.1 Å². The molecule has 22 heteroatoms. The van der Waals surface area contributed by atoms with Gasteiger partial charge in [0.05, 0.1) is 12.7 Å². The van der Waals surface area contributed by atoms with Crippen LogP contribution in [0.5, 0.6) is 0 Å². The second-order valence-corrected chi connectivity index (χ2v) is 10.4. The molecule has 6 N–H and O–H groups in total. The Morgan fingerprint density at radius 2 is 1.72 bits per heavy atom. The second-order valence-electron chi connectivity index (χ2n) is 6.03.